The van der Waals surface area contributed by atoms with Crippen LogP contribution in [0.2, 0.25) is 0 Å². The number of fused-ring (bicyclic) bond motifs is 1. The molecule has 6 heteroatoms. The smallest absolute Gasteiger partial charge is 0.359 e. The van der Waals surface area contributed by atoms with Crippen LogP contribution in [-0.4, -0.2) is 35.5 Å². The van der Waals surface area contributed by atoms with E-state index in [4.69, 9.17) is 15.2 Å². The number of aromatic amines is 1. The molecular weight excluding hydrogens is 246 g/mol. The lowest BCUT2D eigenvalue weighted by atomic mass is 10.1. The summed E-state index contributed by atoms with van der Waals surface area (Å²) < 4.78 is 10.7. The highest BCUT2D eigenvalue weighted by Gasteiger charge is 2.22. The molecule has 0 aliphatic carbocycles. The van der Waals surface area contributed by atoms with Crippen LogP contribution in [0.15, 0.2) is 18.2 Å². The minimum atomic E-state index is -0.413. The third-order valence-corrected chi connectivity index (χ3v) is 3.22. The summed E-state index contributed by atoms with van der Waals surface area (Å²) >= 11 is 0. The molecule has 6 nitrogen and oxygen atoms in total. The molecule has 1 aromatic heterocycles. The summed E-state index contributed by atoms with van der Waals surface area (Å²) in [6, 6.07) is 5.27. The molecule has 0 saturated carbocycles. The van der Waals surface area contributed by atoms with Crippen LogP contribution in [0.3, 0.4) is 0 Å². The van der Waals surface area contributed by atoms with Gasteiger partial charge < -0.3 is 15.2 Å². The van der Waals surface area contributed by atoms with Gasteiger partial charge in [0.15, 0.2) is 5.69 Å². The highest BCUT2D eigenvalue weighted by molar-refractivity contribution is 6.02. The van der Waals surface area contributed by atoms with E-state index < -0.39 is 5.97 Å². The van der Waals surface area contributed by atoms with Gasteiger partial charge in [-0.25, -0.2) is 4.79 Å². The first-order chi connectivity index (χ1) is 9.24. The van der Waals surface area contributed by atoms with Crippen LogP contribution < -0.4 is 5.73 Å². The molecule has 1 aromatic carbocycles. The Hall–Kier alpha value is -2.08. The summed E-state index contributed by atoms with van der Waals surface area (Å²) in [5, 5.41) is 7.51. The molecule has 1 fully saturated rings. The molecule has 0 amide bonds. The lowest BCUT2D eigenvalue weighted by molar-refractivity contribution is -0.0161. The van der Waals surface area contributed by atoms with Gasteiger partial charge in [-0.1, -0.05) is 0 Å². The number of nitrogen functional groups attached to an aromatic ring is 1. The standard InChI is InChI=1S/C13H15N3O3/c14-8-1-2-11-10(7-8)12(16-15-11)13(17)19-9-3-5-18-6-4-9/h1-2,7,9H,3-6,14H2,(H,15,16). The molecule has 1 saturated heterocycles. The van der Waals surface area contributed by atoms with Crippen molar-refractivity contribution in [2.24, 2.45) is 0 Å². The molecule has 100 valence electrons. The van der Waals surface area contributed by atoms with Crippen LogP contribution in [0.25, 0.3) is 10.9 Å². The highest BCUT2D eigenvalue weighted by Crippen LogP contribution is 2.21. The molecular formula is C13H15N3O3. The zero-order valence-corrected chi connectivity index (χ0v) is 10.4. The zero-order chi connectivity index (χ0) is 13.2. The Kier molecular flexibility index (Phi) is 3.08. The minimum Gasteiger partial charge on any atom is -0.457 e. The summed E-state index contributed by atoms with van der Waals surface area (Å²) in [5.41, 5.74) is 7.38. The van der Waals surface area contributed by atoms with Gasteiger partial charge in [0.25, 0.3) is 0 Å². The zero-order valence-electron chi connectivity index (χ0n) is 10.4. The Bertz CT molecular complexity index is 602. The van der Waals surface area contributed by atoms with E-state index in [1.165, 1.54) is 0 Å². The van der Waals surface area contributed by atoms with Gasteiger partial charge in [-0.2, -0.15) is 5.10 Å². The number of hydrogen-bond acceptors (Lipinski definition) is 5. The van der Waals surface area contributed by atoms with Crippen molar-refractivity contribution >= 4 is 22.6 Å². The molecule has 19 heavy (non-hydrogen) atoms. The van der Waals surface area contributed by atoms with E-state index in [1.807, 2.05) is 0 Å². The summed E-state index contributed by atoms with van der Waals surface area (Å²) in [6.45, 7) is 1.26. The second-order valence-electron chi connectivity index (χ2n) is 4.59. The number of ether oxygens (including phenoxy) is 2. The second kappa shape index (κ2) is 4.89. The number of nitrogens with two attached hydrogens (primary N) is 1. The normalized spacial score (nSPS) is 16.6. The fraction of sp³-hybridized carbons (Fsp3) is 0.385. The van der Waals surface area contributed by atoms with Crippen molar-refractivity contribution in [3.05, 3.63) is 23.9 Å². The summed E-state index contributed by atoms with van der Waals surface area (Å²) in [4.78, 5) is 12.1. The van der Waals surface area contributed by atoms with Crippen LogP contribution in [0.4, 0.5) is 5.69 Å². The van der Waals surface area contributed by atoms with E-state index in [9.17, 15) is 4.79 Å². The van der Waals surface area contributed by atoms with Crippen LogP contribution in [0.1, 0.15) is 23.3 Å². The number of rotatable bonds is 2. The Labute approximate surface area is 109 Å². The third kappa shape index (κ3) is 2.39. The molecule has 0 spiro atoms. The van der Waals surface area contributed by atoms with Gasteiger partial charge in [0, 0.05) is 23.9 Å². The highest BCUT2D eigenvalue weighted by atomic mass is 16.6. The molecule has 0 radical (unpaired) electrons. The SMILES string of the molecule is Nc1ccc2[nH]nc(C(=O)OC3CCOCC3)c2c1. The van der Waals surface area contributed by atoms with Crippen molar-refractivity contribution < 1.29 is 14.3 Å². The Morgan fingerprint density at radius 3 is 3.00 bits per heavy atom. The third-order valence-electron chi connectivity index (χ3n) is 3.22. The molecule has 1 aliphatic rings. The van der Waals surface area contributed by atoms with Crippen molar-refractivity contribution in [2.45, 2.75) is 18.9 Å². The summed E-state index contributed by atoms with van der Waals surface area (Å²) in [5.74, 6) is -0.413. The fourth-order valence-electron chi connectivity index (χ4n) is 2.19. The number of nitrogens with one attached hydrogen (secondary N) is 1. The van der Waals surface area contributed by atoms with Crippen LogP contribution in [0, 0.1) is 0 Å². The summed E-state index contributed by atoms with van der Waals surface area (Å²) in [6.07, 6.45) is 1.38. The monoisotopic (exact) mass is 261 g/mol. The van der Waals surface area contributed by atoms with Crippen molar-refractivity contribution in [1.29, 1.82) is 0 Å². The largest absolute Gasteiger partial charge is 0.457 e. The van der Waals surface area contributed by atoms with E-state index in [-0.39, 0.29) is 11.8 Å². The second-order valence-corrected chi connectivity index (χ2v) is 4.59. The van der Waals surface area contributed by atoms with Crippen LogP contribution in [-0.2, 0) is 9.47 Å². The lowest BCUT2D eigenvalue weighted by Crippen LogP contribution is -2.26. The number of benzene rings is 1. The van der Waals surface area contributed by atoms with Crippen molar-refractivity contribution in [3.63, 3.8) is 0 Å². The number of carbonyl (C=O) groups is 1. The molecule has 3 N–H and O–H groups in total. The maximum absolute atomic E-state index is 12.1. The molecule has 0 unspecified atom stereocenters. The number of H-pyrrole nitrogens is 1. The van der Waals surface area contributed by atoms with Gasteiger partial charge in [0.1, 0.15) is 6.10 Å². The minimum absolute atomic E-state index is 0.0888. The van der Waals surface area contributed by atoms with Gasteiger partial charge >= 0.3 is 5.97 Å². The molecule has 2 aromatic rings. The molecule has 1 aliphatic heterocycles. The van der Waals surface area contributed by atoms with Gasteiger partial charge in [0.05, 0.1) is 18.7 Å². The number of carbonyl (C=O) groups excluding carboxylic acids is 1. The topological polar surface area (TPSA) is 90.2 Å². The number of anilines is 1. The van der Waals surface area contributed by atoms with Crippen molar-refractivity contribution in [2.75, 3.05) is 18.9 Å². The maximum Gasteiger partial charge on any atom is 0.359 e. The lowest BCUT2D eigenvalue weighted by Gasteiger charge is -2.21. The molecule has 0 bridgehead atoms. The number of esters is 1. The number of hydrogen-bond donors (Lipinski definition) is 2. The van der Waals surface area contributed by atoms with Gasteiger partial charge in [-0.05, 0) is 18.2 Å². The first-order valence-corrected chi connectivity index (χ1v) is 6.26. The van der Waals surface area contributed by atoms with Crippen molar-refractivity contribution in [3.8, 4) is 0 Å². The number of nitrogens with zero attached hydrogens (tertiary/aromatic N) is 1. The van der Waals surface area contributed by atoms with Gasteiger partial charge in [-0.15, -0.1) is 0 Å². The average molecular weight is 261 g/mol. The van der Waals surface area contributed by atoms with E-state index in [2.05, 4.69) is 10.2 Å². The van der Waals surface area contributed by atoms with E-state index in [1.54, 1.807) is 18.2 Å². The Morgan fingerprint density at radius 1 is 1.42 bits per heavy atom. The van der Waals surface area contributed by atoms with Gasteiger partial charge in [-0.3, -0.25) is 5.10 Å². The van der Waals surface area contributed by atoms with E-state index in [0.29, 0.717) is 24.3 Å². The first kappa shape index (κ1) is 12.0. The van der Waals surface area contributed by atoms with E-state index in [0.717, 1.165) is 18.4 Å². The predicted octanol–water partition coefficient (Wildman–Crippen LogP) is 1.48. The molecule has 2 heterocycles. The molecule has 3 rings (SSSR count). The van der Waals surface area contributed by atoms with E-state index >= 15 is 0 Å². The average Bonchev–Trinajstić information content (AvgIpc) is 2.82. The summed E-state index contributed by atoms with van der Waals surface area (Å²) in [7, 11) is 0. The predicted molar refractivity (Wildman–Crippen MR) is 69.8 cm³/mol. The maximum atomic E-state index is 12.1. The first-order valence-electron chi connectivity index (χ1n) is 6.26. The van der Waals surface area contributed by atoms with Crippen molar-refractivity contribution in [1.82, 2.24) is 10.2 Å². The Balaban J connectivity index is 1.82. The fourth-order valence-corrected chi connectivity index (χ4v) is 2.19. The van der Waals surface area contributed by atoms with Crippen LogP contribution >= 0.6 is 0 Å². The number of aromatic nitrogens is 2. The quantitative estimate of drug-likeness (QED) is 0.631. The van der Waals surface area contributed by atoms with Gasteiger partial charge in [0.2, 0.25) is 0 Å². The Morgan fingerprint density at radius 2 is 2.21 bits per heavy atom. The van der Waals surface area contributed by atoms with Crippen LogP contribution in [0.5, 0.6) is 0 Å². The molecule has 0 atom stereocenters.